The van der Waals surface area contributed by atoms with Gasteiger partial charge in [-0.1, -0.05) is 0 Å². The van der Waals surface area contributed by atoms with E-state index in [-0.39, 0.29) is 0 Å². The van der Waals surface area contributed by atoms with Gasteiger partial charge in [-0.3, -0.25) is 0 Å². The first kappa shape index (κ1) is 10.9. The van der Waals surface area contributed by atoms with Crippen LogP contribution in [0.1, 0.15) is 0 Å². The predicted molar refractivity (Wildman–Crippen MR) is 75.3 cm³/mol. The Labute approximate surface area is 99.4 Å². The first-order valence-electron chi connectivity index (χ1n) is 5.01. The van der Waals surface area contributed by atoms with E-state index in [0.717, 1.165) is 0 Å². The van der Waals surface area contributed by atoms with Crippen LogP contribution in [0.25, 0.3) is 0 Å². The van der Waals surface area contributed by atoms with Crippen molar-refractivity contribution in [2.75, 3.05) is 6.66 Å². The van der Waals surface area contributed by atoms with Gasteiger partial charge in [0.15, 0.2) is 0 Å². The van der Waals surface area contributed by atoms with E-state index < -0.39 is 5.96 Å². The summed E-state index contributed by atoms with van der Waals surface area (Å²) in [6.45, 7) is 2.32. The molecule has 0 aliphatic carbocycles. The van der Waals surface area contributed by atoms with E-state index in [1.165, 1.54) is 10.6 Å². The van der Waals surface area contributed by atoms with Crippen molar-refractivity contribution in [3.05, 3.63) is 60.7 Å². The van der Waals surface area contributed by atoms with Crippen LogP contribution in [0.4, 0.5) is 0 Å². The van der Waals surface area contributed by atoms with Crippen LogP contribution in [-0.4, -0.2) is 6.66 Å². The van der Waals surface area contributed by atoms with Gasteiger partial charge in [-0.25, -0.2) is 0 Å². The second-order valence-electron chi connectivity index (χ2n) is 3.74. The normalized spacial score (nSPS) is 12.4. The Balaban J connectivity index is 2.44. The van der Waals surface area contributed by atoms with E-state index in [4.69, 9.17) is 0 Å². The standard InChI is InChI=1S/C13H14BrP/c1-15(14,12-8-4-2-5-9-12)13-10-6-3-7-11-13/h2-11,15H,1H3. The van der Waals surface area contributed by atoms with Crippen molar-refractivity contribution in [2.45, 2.75) is 0 Å². The molecule has 0 amide bonds. The molecule has 0 saturated carbocycles. The van der Waals surface area contributed by atoms with Gasteiger partial charge in [0.1, 0.15) is 0 Å². The Morgan fingerprint density at radius 1 is 0.733 bits per heavy atom. The zero-order valence-corrected chi connectivity index (χ0v) is 11.2. The number of rotatable bonds is 2. The van der Waals surface area contributed by atoms with Gasteiger partial charge in [-0.05, 0) is 0 Å². The summed E-state index contributed by atoms with van der Waals surface area (Å²) in [5.41, 5.74) is 0. The maximum absolute atomic E-state index is 3.94. The van der Waals surface area contributed by atoms with E-state index in [1.807, 2.05) is 0 Å². The van der Waals surface area contributed by atoms with Gasteiger partial charge in [0.05, 0.1) is 0 Å². The second-order valence-corrected chi connectivity index (χ2v) is 11.7. The third-order valence-electron chi connectivity index (χ3n) is 2.63. The Morgan fingerprint density at radius 3 is 1.40 bits per heavy atom. The molecule has 0 nitrogen and oxygen atoms in total. The number of halogens is 1. The molecule has 0 fully saturated rings. The van der Waals surface area contributed by atoms with Crippen LogP contribution < -0.4 is 10.6 Å². The fourth-order valence-electron chi connectivity index (χ4n) is 1.67. The molecule has 0 radical (unpaired) electrons. The fraction of sp³-hybridized carbons (Fsp3) is 0.0769. The molecule has 0 unspecified atom stereocenters. The van der Waals surface area contributed by atoms with Crippen molar-refractivity contribution >= 4 is 32.1 Å². The van der Waals surface area contributed by atoms with Gasteiger partial charge in [-0.2, -0.15) is 0 Å². The first-order chi connectivity index (χ1) is 7.21. The van der Waals surface area contributed by atoms with Gasteiger partial charge in [-0.15, -0.1) is 0 Å². The van der Waals surface area contributed by atoms with Gasteiger partial charge in [0.2, 0.25) is 0 Å². The van der Waals surface area contributed by atoms with Crippen molar-refractivity contribution < 1.29 is 0 Å². The molecule has 2 aromatic carbocycles. The minimum atomic E-state index is -1.64. The van der Waals surface area contributed by atoms with Gasteiger partial charge < -0.3 is 0 Å². The summed E-state index contributed by atoms with van der Waals surface area (Å²) in [6.07, 6.45) is 0. The number of benzene rings is 2. The monoisotopic (exact) mass is 280 g/mol. The molecule has 0 aliphatic heterocycles. The third kappa shape index (κ3) is 2.30. The molecule has 2 heteroatoms. The first-order valence-corrected chi connectivity index (χ1v) is 9.77. The molecule has 2 aromatic rings. The summed E-state index contributed by atoms with van der Waals surface area (Å²) < 4.78 is 0. The molecule has 0 aliphatic rings. The van der Waals surface area contributed by atoms with Crippen LogP contribution in [0.15, 0.2) is 60.7 Å². The molecule has 78 valence electrons. The zero-order valence-electron chi connectivity index (χ0n) is 8.65. The Hall–Kier alpha value is -0.650. The van der Waals surface area contributed by atoms with Crippen molar-refractivity contribution in [3.8, 4) is 0 Å². The molecule has 0 N–H and O–H groups in total. The molecular formula is C13H14BrP. The van der Waals surface area contributed by atoms with Crippen LogP contribution in [0.5, 0.6) is 0 Å². The van der Waals surface area contributed by atoms with Crippen LogP contribution in [-0.2, 0) is 0 Å². The average Bonchev–Trinajstić information content (AvgIpc) is 2.31. The minimum absolute atomic E-state index is 1.41. The molecule has 0 atom stereocenters. The summed E-state index contributed by atoms with van der Waals surface area (Å²) in [6, 6.07) is 21.3. The molecule has 0 saturated heterocycles. The van der Waals surface area contributed by atoms with Crippen molar-refractivity contribution in [3.63, 3.8) is 0 Å². The summed E-state index contributed by atoms with van der Waals surface area (Å²) in [4.78, 5) is 0. The van der Waals surface area contributed by atoms with Crippen LogP contribution >= 0.6 is 21.5 Å². The predicted octanol–water partition coefficient (Wildman–Crippen LogP) is 3.33. The number of hydrogen-bond donors (Lipinski definition) is 0. The van der Waals surface area contributed by atoms with E-state index >= 15 is 0 Å². The molecular weight excluding hydrogens is 267 g/mol. The summed E-state index contributed by atoms with van der Waals surface area (Å²) >= 11 is 3.94. The van der Waals surface area contributed by atoms with E-state index in [0.29, 0.717) is 0 Å². The van der Waals surface area contributed by atoms with Gasteiger partial charge >= 0.3 is 99.4 Å². The molecule has 0 spiro atoms. The van der Waals surface area contributed by atoms with Crippen LogP contribution in [0.3, 0.4) is 0 Å². The molecule has 0 aromatic heterocycles. The second kappa shape index (κ2) is 4.47. The van der Waals surface area contributed by atoms with Crippen LogP contribution in [0.2, 0.25) is 0 Å². The molecule has 0 heterocycles. The van der Waals surface area contributed by atoms with E-state index in [1.54, 1.807) is 0 Å². The summed E-state index contributed by atoms with van der Waals surface area (Å²) in [5.74, 6) is -1.64. The molecule has 0 bridgehead atoms. The quantitative estimate of drug-likeness (QED) is 0.741. The Kier molecular flexibility index (Phi) is 3.23. The third-order valence-corrected chi connectivity index (χ3v) is 8.21. The molecule has 2 rings (SSSR count). The number of hydrogen-bond acceptors (Lipinski definition) is 0. The maximum atomic E-state index is 3.94. The van der Waals surface area contributed by atoms with E-state index in [2.05, 4.69) is 82.8 Å². The Morgan fingerprint density at radius 2 is 1.07 bits per heavy atom. The zero-order chi connectivity index (χ0) is 10.7. The van der Waals surface area contributed by atoms with Gasteiger partial charge in [0, 0.05) is 0 Å². The molecule has 15 heavy (non-hydrogen) atoms. The van der Waals surface area contributed by atoms with Crippen molar-refractivity contribution in [1.82, 2.24) is 0 Å². The van der Waals surface area contributed by atoms with Crippen LogP contribution in [0, 0.1) is 0 Å². The van der Waals surface area contributed by atoms with E-state index in [9.17, 15) is 0 Å². The van der Waals surface area contributed by atoms with Gasteiger partial charge in [0.25, 0.3) is 0 Å². The topological polar surface area (TPSA) is 0 Å². The average molecular weight is 281 g/mol. The fourth-order valence-corrected chi connectivity index (χ4v) is 5.23. The Bertz CT molecular complexity index is 381. The summed E-state index contributed by atoms with van der Waals surface area (Å²) in [7, 11) is 0. The SMILES string of the molecule is C[PH](Br)(c1ccccc1)c1ccccc1. The van der Waals surface area contributed by atoms with Crippen molar-refractivity contribution in [1.29, 1.82) is 0 Å². The van der Waals surface area contributed by atoms with Crippen molar-refractivity contribution in [2.24, 2.45) is 0 Å². The summed E-state index contributed by atoms with van der Waals surface area (Å²) in [5, 5.41) is 2.83.